The summed E-state index contributed by atoms with van der Waals surface area (Å²) in [4.78, 5) is 15.7. The van der Waals surface area contributed by atoms with E-state index in [2.05, 4.69) is 39.8 Å². The number of allylic oxidation sites excluding steroid dienone is 2. The molecule has 1 spiro atoms. The minimum Gasteiger partial charge on any atom is -0.490 e. The Morgan fingerprint density at radius 1 is 1.08 bits per heavy atom. The molecular formula is C31H37ClN2O3S. The third-order valence-electron chi connectivity index (χ3n) is 9.09. The van der Waals surface area contributed by atoms with Crippen LogP contribution in [0.25, 0.3) is 0 Å². The van der Waals surface area contributed by atoms with Crippen LogP contribution in [0.15, 0.2) is 48.6 Å². The molecule has 2 heterocycles. The number of anilines is 1. The predicted molar refractivity (Wildman–Crippen MR) is 157 cm³/mol. The Bertz CT molecular complexity index is 1370. The molecule has 0 aromatic heterocycles. The fraction of sp³-hybridized carbons (Fsp3) is 0.484. The van der Waals surface area contributed by atoms with Gasteiger partial charge in [0.2, 0.25) is 0 Å². The number of hydrogen-bond donors (Lipinski definition) is 1. The highest BCUT2D eigenvalue weighted by Gasteiger charge is 2.43. The lowest BCUT2D eigenvalue weighted by Gasteiger charge is -2.44. The van der Waals surface area contributed by atoms with Gasteiger partial charge in [-0.1, -0.05) is 29.8 Å². The lowest BCUT2D eigenvalue weighted by Crippen LogP contribution is -2.48. The smallest absolute Gasteiger partial charge is 0.262 e. The van der Waals surface area contributed by atoms with Gasteiger partial charge in [-0.05, 0) is 111 Å². The monoisotopic (exact) mass is 552 g/mol. The largest absolute Gasteiger partial charge is 0.490 e. The van der Waals surface area contributed by atoms with E-state index in [9.17, 15) is 9.00 Å². The first-order valence-corrected chi connectivity index (χ1v) is 16.2. The lowest BCUT2D eigenvalue weighted by atomic mass is 9.69. The van der Waals surface area contributed by atoms with Crippen LogP contribution >= 0.6 is 11.6 Å². The predicted octanol–water partition coefficient (Wildman–Crippen LogP) is 5.94. The van der Waals surface area contributed by atoms with Crippen molar-refractivity contribution in [2.24, 2.45) is 11.8 Å². The highest BCUT2D eigenvalue weighted by molar-refractivity contribution is 7.99. The SMILES string of the molecule is C=S1(=O)CC/C=C\CC[C@@H]2CC[C@H]2CN2C[C@@]3(CCCc4cc(Cl)ccc43)COc3ccc(cc32)C(=O)N1. The van der Waals surface area contributed by atoms with Crippen LogP contribution < -0.4 is 14.4 Å². The number of amides is 1. The Balaban J connectivity index is 1.40. The molecule has 38 heavy (non-hydrogen) atoms. The number of rotatable bonds is 0. The number of aryl methyl sites for hydroxylation is 1. The zero-order valence-electron chi connectivity index (χ0n) is 21.9. The van der Waals surface area contributed by atoms with Gasteiger partial charge in [-0.25, -0.2) is 4.21 Å². The second kappa shape index (κ2) is 10.3. The average Bonchev–Trinajstić information content (AvgIpc) is 3.02. The molecule has 2 aliphatic heterocycles. The molecule has 2 bridgehead atoms. The van der Waals surface area contributed by atoms with E-state index in [1.807, 2.05) is 18.2 Å². The van der Waals surface area contributed by atoms with Gasteiger partial charge in [-0.3, -0.25) is 9.52 Å². The van der Waals surface area contributed by atoms with Crippen molar-refractivity contribution in [1.82, 2.24) is 4.72 Å². The molecular weight excluding hydrogens is 516 g/mol. The summed E-state index contributed by atoms with van der Waals surface area (Å²) in [6.07, 6.45) is 12.9. The molecule has 6 rings (SSSR count). The van der Waals surface area contributed by atoms with Crippen molar-refractivity contribution >= 4 is 38.8 Å². The number of hydrogen-bond acceptors (Lipinski definition) is 4. The molecule has 0 saturated heterocycles. The van der Waals surface area contributed by atoms with Crippen molar-refractivity contribution in [3.8, 4) is 5.75 Å². The molecule has 1 amide bonds. The van der Waals surface area contributed by atoms with Crippen LogP contribution in [0.4, 0.5) is 5.69 Å². The zero-order chi connectivity index (χ0) is 26.3. The van der Waals surface area contributed by atoms with Gasteiger partial charge in [0.15, 0.2) is 0 Å². The number of halogens is 1. The number of nitrogens with one attached hydrogen (secondary N) is 1. The van der Waals surface area contributed by atoms with Crippen molar-refractivity contribution < 1.29 is 13.7 Å². The Morgan fingerprint density at radius 2 is 1.92 bits per heavy atom. The van der Waals surface area contributed by atoms with Gasteiger partial charge >= 0.3 is 0 Å². The van der Waals surface area contributed by atoms with Crippen LogP contribution in [-0.2, 0) is 21.5 Å². The number of ether oxygens (including phenoxy) is 1. The van der Waals surface area contributed by atoms with E-state index in [1.54, 1.807) is 6.07 Å². The second-order valence-electron chi connectivity index (χ2n) is 11.7. The average molecular weight is 553 g/mol. The number of carbonyl (C=O) groups excluding carboxylic acids is 1. The number of carbonyl (C=O) groups is 1. The quantitative estimate of drug-likeness (QED) is 0.324. The van der Waals surface area contributed by atoms with Gasteiger partial charge in [0.1, 0.15) is 5.75 Å². The van der Waals surface area contributed by atoms with Crippen LogP contribution in [0.5, 0.6) is 5.75 Å². The van der Waals surface area contributed by atoms with Crippen molar-refractivity contribution in [2.75, 3.05) is 30.3 Å². The molecule has 5 nitrogen and oxygen atoms in total. The Morgan fingerprint density at radius 3 is 2.76 bits per heavy atom. The minimum absolute atomic E-state index is 0.135. The van der Waals surface area contributed by atoms with E-state index in [-0.39, 0.29) is 11.3 Å². The van der Waals surface area contributed by atoms with E-state index in [0.717, 1.165) is 55.2 Å². The zero-order valence-corrected chi connectivity index (χ0v) is 23.5. The molecule has 1 N–H and O–H groups in total. The maximum atomic E-state index is 13.2. The molecule has 2 aromatic rings. The summed E-state index contributed by atoms with van der Waals surface area (Å²) in [6.45, 7) is 2.39. The van der Waals surface area contributed by atoms with Crippen LogP contribution in [0, 0.1) is 11.8 Å². The molecule has 1 saturated carbocycles. The Kier molecular flexibility index (Phi) is 6.98. The van der Waals surface area contributed by atoms with Crippen LogP contribution in [0.3, 0.4) is 0 Å². The maximum absolute atomic E-state index is 13.2. The third kappa shape index (κ3) is 5.10. The van der Waals surface area contributed by atoms with Crippen LogP contribution in [0.1, 0.15) is 66.4 Å². The number of nitrogens with zero attached hydrogens (tertiary/aromatic N) is 1. The molecule has 1 fully saturated rings. The molecule has 2 aromatic carbocycles. The first-order chi connectivity index (χ1) is 18.3. The van der Waals surface area contributed by atoms with Gasteiger partial charge < -0.3 is 9.64 Å². The highest BCUT2D eigenvalue weighted by Crippen LogP contribution is 2.46. The first-order valence-electron chi connectivity index (χ1n) is 13.9. The summed E-state index contributed by atoms with van der Waals surface area (Å²) in [5.74, 6) is 5.98. The van der Waals surface area contributed by atoms with Crippen LogP contribution in [-0.4, -0.2) is 41.4 Å². The molecule has 4 atom stereocenters. The van der Waals surface area contributed by atoms with E-state index < -0.39 is 9.71 Å². The van der Waals surface area contributed by atoms with E-state index >= 15 is 0 Å². The molecule has 0 radical (unpaired) electrons. The molecule has 1 unspecified atom stereocenters. The summed E-state index contributed by atoms with van der Waals surface area (Å²) in [7, 11) is -2.72. The topological polar surface area (TPSA) is 58.6 Å². The van der Waals surface area contributed by atoms with Gasteiger partial charge in [-0.15, -0.1) is 0 Å². The Labute approximate surface area is 231 Å². The van der Waals surface area contributed by atoms with Crippen molar-refractivity contribution in [1.29, 1.82) is 0 Å². The summed E-state index contributed by atoms with van der Waals surface area (Å²) in [6, 6.07) is 12.0. The fourth-order valence-corrected chi connectivity index (χ4v) is 8.15. The summed E-state index contributed by atoms with van der Waals surface area (Å²) in [5, 5.41) is 0.785. The summed E-state index contributed by atoms with van der Waals surface area (Å²) < 4.78 is 22.3. The summed E-state index contributed by atoms with van der Waals surface area (Å²) >= 11 is 6.39. The van der Waals surface area contributed by atoms with Crippen LogP contribution in [0.2, 0.25) is 5.02 Å². The van der Waals surface area contributed by atoms with E-state index in [0.29, 0.717) is 36.2 Å². The van der Waals surface area contributed by atoms with Gasteiger partial charge in [0, 0.05) is 44.6 Å². The minimum atomic E-state index is -2.72. The molecule has 7 heteroatoms. The third-order valence-corrected chi connectivity index (χ3v) is 10.8. The second-order valence-corrected chi connectivity index (χ2v) is 14.3. The van der Waals surface area contributed by atoms with E-state index in [4.69, 9.17) is 16.3 Å². The molecule has 2 aliphatic carbocycles. The van der Waals surface area contributed by atoms with E-state index in [1.165, 1.54) is 30.4 Å². The molecule has 202 valence electrons. The first kappa shape index (κ1) is 25.8. The standard InChI is InChI=1S/C31H37ClN2O3S/c1-38(36)16-5-3-2-4-7-22-9-10-25(22)19-34-20-31(15-6-8-23-17-26(32)12-13-27(23)31)21-37-29-14-11-24(18-28(29)34)30(35)33-38/h2-3,11-14,17-18,22,25H,1,4-10,15-16,19-21H2,(H,33,35,36)/b3-2-/t22-,25+,31+,38?/m1/s1. The van der Waals surface area contributed by atoms with Crippen molar-refractivity contribution in [3.05, 3.63) is 70.3 Å². The van der Waals surface area contributed by atoms with Gasteiger partial charge in [0.25, 0.3) is 5.91 Å². The maximum Gasteiger partial charge on any atom is 0.262 e. The van der Waals surface area contributed by atoms with Crippen molar-refractivity contribution in [2.45, 2.75) is 56.8 Å². The Hall–Kier alpha value is -2.44. The number of fused-ring (bicyclic) bond motifs is 4. The number of benzene rings is 2. The lowest BCUT2D eigenvalue weighted by molar-refractivity contribution is 0.0982. The summed E-state index contributed by atoms with van der Waals surface area (Å²) in [5.41, 5.74) is 3.99. The van der Waals surface area contributed by atoms with Crippen molar-refractivity contribution in [3.63, 3.8) is 0 Å². The van der Waals surface area contributed by atoms with Gasteiger partial charge in [-0.2, -0.15) is 0 Å². The normalized spacial score (nSPS) is 32.1. The fourth-order valence-electron chi connectivity index (χ4n) is 6.88. The van der Waals surface area contributed by atoms with Gasteiger partial charge in [0.05, 0.1) is 12.3 Å². The molecule has 4 aliphatic rings. The highest BCUT2D eigenvalue weighted by atomic mass is 35.5.